The van der Waals surface area contributed by atoms with Crippen molar-refractivity contribution in [2.24, 2.45) is 0 Å². The van der Waals surface area contributed by atoms with Crippen LogP contribution in [0, 0.1) is 12.7 Å². The van der Waals surface area contributed by atoms with E-state index in [1.54, 1.807) is 18.2 Å². The van der Waals surface area contributed by atoms with E-state index in [0.717, 1.165) is 23.3 Å². The van der Waals surface area contributed by atoms with Gasteiger partial charge in [0, 0.05) is 55.7 Å². The number of carbonyl (C=O) groups excluding carboxylic acids is 4. The Morgan fingerprint density at radius 1 is 0.844 bits per heavy atom. The van der Waals surface area contributed by atoms with Gasteiger partial charge in [0.05, 0.1) is 31.9 Å². The maximum atomic E-state index is 16.4. The first-order chi connectivity index (χ1) is 21.7. The fourth-order valence-corrected chi connectivity index (χ4v) is 7.09. The molecule has 1 aliphatic rings. The van der Waals surface area contributed by atoms with Gasteiger partial charge < -0.3 is 9.47 Å². The summed E-state index contributed by atoms with van der Waals surface area (Å²) in [5, 5.41) is 4.30. The van der Waals surface area contributed by atoms with Crippen molar-refractivity contribution < 1.29 is 33.0 Å². The fourth-order valence-electron chi connectivity index (χ4n) is 6.45. The molecule has 0 saturated heterocycles. The molecule has 0 saturated carbocycles. The zero-order valence-corrected chi connectivity index (χ0v) is 26.9. The molecule has 232 valence electrons. The SMILES string of the molecule is CCCOCCN(C=O)C(=O)c1cc(F)c2c3ccc4c5c(cc(Br)c(c6ccc(C)c1c62)c53)C(=O)N(CCOCCC)C4=O. The van der Waals surface area contributed by atoms with Crippen LogP contribution in [0.5, 0.6) is 0 Å². The molecule has 10 heteroatoms. The van der Waals surface area contributed by atoms with E-state index >= 15 is 4.39 Å². The average molecular weight is 676 g/mol. The van der Waals surface area contributed by atoms with Crippen LogP contribution < -0.4 is 0 Å². The zero-order chi connectivity index (χ0) is 32.0. The normalized spacial score (nSPS) is 13.2. The molecule has 0 aliphatic carbocycles. The van der Waals surface area contributed by atoms with Crippen molar-refractivity contribution in [2.45, 2.75) is 33.6 Å². The van der Waals surface area contributed by atoms with Crippen LogP contribution in [0.1, 0.15) is 63.3 Å². The molecule has 6 rings (SSSR count). The first-order valence-electron chi connectivity index (χ1n) is 15.1. The molecule has 0 spiro atoms. The second kappa shape index (κ2) is 12.4. The Kier molecular flexibility index (Phi) is 8.56. The number of benzene rings is 5. The number of ether oxygens (including phenoxy) is 2. The number of aryl methyl sites for hydroxylation is 1. The van der Waals surface area contributed by atoms with Gasteiger partial charge in [-0.1, -0.05) is 48.0 Å². The second-order valence-electron chi connectivity index (χ2n) is 11.2. The highest BCUT2D eigenvalue weighted by molar-refractivity contribution is 9.10. The van der Waals surface area contributed by atoms with Gasteiger partial charge in [-0.2, -0.15) is 0 Å². The lowest BCUT2D eigenvalue weighted by atomic mass is 9.83. The van der Waals surface area contributed by atoms with Crippen LogP contribution in [0.4, 0.5) is 4.39 Å². The molecule has 8 nitrogen and oxygen atoms in total. The lowest BCUT2D eigenvalue weighted by Gasteiger charge is -2.29. The van der Waals surface area contributed by atoms with Crippen LogP contribution in [0.2, 0.25) is 0 Å². The molecule has 1 heterocycles. The van der Waals surface area contributed by atoms with Gasteiger partial charge in [-0.3, -0.25) is 29.0 Å². The van der Waals surface area contributed by atoms with Crippen LogP contribution in [0.3, 0.4) is 0 Å². The third-order valence-corrected chi connectivity index (χ3v) is 9.04. The summed E-state index contributed by atoms with van der Waals surface area (Å²) in [6, 6.07) is 9.98. The van der Waals surface area contributed by atoms with Gasteiger partial charge in [0.1, 0.15) is 5.82 Å². The van der Waals surface area contributed by atoms with Gasteiger partial charge in [-0.25, -0.2) is 4.39 Å². The smallest absolute Gasteiger partial charge is 0.261 e. The van der Waals surface area contributed by atoms with Gasteiger partial charge in [-0.05, 0) is 59.7 Å². The Balaban J connectivity index is 1.59. The number of rotatable bonds is 12. The van der Waals surface area contributed by atoms with E-state index in [4.69, 9.17) is 9.47 Å². The average Bonchev–Trinajstić information content (AvgIpc) is 3.03. The monoisotopic (exact) mass is 674 g/mol. The fraction of sp³-hybridized carbons (Fsp3) is 0.314. The van der Waals surface area contributed by atoms with E-state index in [1.807, 2.05) is 32.9 Å². The summed E-state index contributed by atoms with van der Waals surface area (Å²) >= 11 is 3.69. The summed E-state index contributed by atoms with van der Waals surface area (Å²) < 4.78 is 28.0. The number of fused-ring (bicyclic) bond motifs is 2. The maximum Gasteiger partial charge on any atom is 0.261 e. The third kappa shape index (κ3) is 4.95. The Morgan fingerprint density at radius 3 is 2.20 bits per heavy atom. The minimum atomic E-state index is -0.642. The number of hydrogen-bond donors (Lipinski definition) is 0. The molecule has 1 aliphatic heterocycles. The largest absolute Gasteiger partial charge is 0.380 e. The number of imide groups is 2. The van der Waals surface area contributed by atoms with Crippen molar-refractivity contribution >= 4 is 83.2 Å². The van der Waals surface area contributed by atoms with Crippen molar-refractivity contribution in [3.8, 4) is 0 Å². The minimum Gasteiger partial charge on any atom is -0.380 e. The first kappa shape index (κ1) is 31.0. The molecular weight excluding hydrogens is 643 g/mol. The first-order valence-corrected chi connectivity index (χ1v) is 15.9. The molecule has 0 unspecified atom stereocenters. The van der Waals surface area contributed by atoms with Crippen LogP contribution >= 0.6 is 15.9 Å². The van der Waals surface area contributed by atoms with Gasteiger partial charge >= 0.3 is 0 Å². The number of hydrogen-bond acceptors (Lipinski definition) is 6. The minimum absolute atomic E-state index is 0.0367. The van der Waals surface area contributed by atoms with Crippen molar-refractivity contribution in [1.29, 1.82) is 0 Å². The predicted octanol–water partition coefficient (Wildman–Crippen LogP) is 7.00. The van der Waals surface area contributed by atoms with E-state index < -0.39 is 23.5 Å². The molecule has 5 aromatic rings. The van der Waals surface area contributed by atoms with Crippen molar-refractivity contribution in [3.05, 3.63) is 68.9 Å². The highest BCUT2D eigenvalue weighted by Gasteiger charge is 2.35. The van der Waals surface area contributed by atoms with Gasteiger partial charge in [0.25, 0.3) is 17.7 Å². The highest BCUT2D eigenvalue weighted by Crippen LogP contribution is 2.48. The van der Waals surface area contributed by atoms with E-state index in [9.17, 15) is 19.2 Å². The third-order valence-electron chi connectivity index (χ3n) is 8.42. The quantitative estimate of drug-likeness (QED) is 0.0465. The summed E-state index contributed by atoms with van der Waals surface area (Å²) in [5.74, 6) is -2.12. The summed E-state index contributed by atoms with van der Waals surface area (Å²) in [6.07, 6.45) is 2.07. The lowest BCUT2D eigenvalue weighted by molar-refractivity contribution is -0.116. The molecule has 0 fully saturated rings. The summed E-state index contributed by atoms with van der Waals surface area (Å²) in [5.41, 5.74) is 1.52. The standard InChI is InChI=1S/C35H32BrFN2O6/c1-4-12-44-14-10-38(18-40)33(41)24-17-26(37)30-21-8-9-22-28-23(35(43)39(34(22)42)11-15-45-13-5-2)16-25(36)29(32(21)28)20-7-6-19(3)27(24)31(20)30/h6-9,16-18H,4-5,10-15H2,1-3H3. The summed E-state index contributed by atoms with van der Waals surface area (Å²) in [4.78, 5) is 55.2. The Hall–Kier alpha value is -3.99. The van der Waals surface area contributed by atoms with Crippen LogP contribution in [-0.4, -0.2) is 73.4 Å². The number of carbonyl (C=O) groups is 4. The molecule has 4 amide bonds. The zero-order valence-electron chi connectivity index (χ0n) is 25.3. The van der Waals surface area contributed by atoms with Crippen LogP contribution in [0.25, 0.3) is 43.1 Å². The molecular formula is C35H32BrFN2O6. The molecule has 0 bridgehead atoms. The maximum absolute atomic E-state index is 16.4. The van der Waals surface area contributed by atoms with E-state index in [-0.39, 0.29) is 37.3 Å². The van der Waals surface area contributed by atoms with Gasteiger partial charge in [0.15, 0.2) is 0 Å². The van der Waals surface area contributed by atoms with Gasteiger partial charge in [-0.15, -0.1) is 0 Å². The van der Waals surface area contributed by atoms with E-state index in [2.05, 4.69) is 15.9 Å². The van der Waals surface area contributed by atoms with Crippen LogP contribution in [0.15, 0.2) is 40.9 Å². The number of amides is 4. The Morgan fingerprint density at radius 2 is 1.49 bits per heavy atom. The highest BCUT2D eigenvalue weighted by atomic mass is 79.9. The molecule has 0 N–H and O–H groups in total. The molecule has 0 aromatic heterocycles. The molecule has 0 atom stereocenters. The molecule has 5 aromatic carbocycles. The summed E-state index contributed by atoms with van der Waals surface area (Å²) in [6.45, 7) is 7.38. The van der Waals surface area contributed by atoms with E-state index in [1.165, 1.54) is 11.0 Å². The predicted molar refractivity (Wildman–Crippen MR) is 175 cm³/mol. The van der Waals surface area contributed by atoms with E-state index in [0.29, 0.717) is 72.9 Å². The van der Waals surface area contributed by atoms with Crippen LogP contribution in [-0.2, 0) is 14.3 Å². The molecule has 0 radical (unpaired) electrons. The summed E-state index contributed by atoms with van der Waals surface area (Å²) in [7, 11) is 0. The van der Waals surface area contributed by atoms with Gasteiger partial charge in [0.2, 0.25) is 6.41 Å². The topological polar surface area (TPSA) is 93.2 Å². The second-order valence-corrected chi connectivity index (χ2v) is 12.1. The Bertz CT molecular complexity index is 2030. The number of nitrogens with zero attached hydrogens (tertiary/aromatic N) is 2. The molecule has 45 heavy (non-hydrogen) atoms. The lowest BCUT2D eigenvalue weighted by Crippen LogP contribution is -2.42. The van der Waals surface area contributed by atoms with Crippen molar-refractivity contribution in [3.63, 3.8) is 0 Å². The van der Waals surface area contributed by atoms with Crippen molar-refractivity contribution in [2.75, 3.05) is 39.5 Å². The Labute approximate surface area is 267 Å². The van der Waals surface area contributed by atoms with Crippen molar-refractivity contribution in [1.82, 2.24) is 9.80 Å². The number of halogens is 2.